The number of fused-ring (bicyclic) bond motifs is 1. The fourth-order valence-electron chi connectivity index (χ4n) is 2.02. The molecular formula is C12H15N3O2. The normalized spacial score (nSPS) is 17.9. The van der Waals surface area contributed by atoms with Gasteiger partial charge < -0.3 is 20.6 Å². The third-order valence-corrected chi connectivity index (χ3v) is 3.27. The Morgan fingerprint density at radius 3 is 3.00 bits per heavy atom. The van der Waals surface area contributed by atoms with Crippen LogP contribution >= 0.6 is 0 Å². The molecule has 0 spiro atoms. The van der Waals surface area contributed by atoms with Crippen LogP contribution in [0.2, 0.25) is 0 Å². The summed E-state index contributed by atoms with van der Waals surface area (Å²) in [5.41, 5.74) is 7.15. The van der Waals surface area contributed by atoms with Crippen LogP contribution in [0.15, 0.2) is 22.6 Å². The maximum absolute atomic E-state index is 9.94. The van der Waals surface area contributed by atoms with Gasteiger partial charge in [0.2, 0.25) is 0 Å². The van der Waals surface area contributed by atoms with Crippen molar-refractivity contribution in [2.45, 2.75) is 24.9 Å². The smallest absolute Gasteiger partial charge is 0.295 e. The van der Waals surface area contributed by atoms with Gasteiger partial charge in [0.1, 0.15) is 5.52 Å². The quantitative estimate of drug-likeness (QED) is 0.703. The van der Waals surface area contributed by atoms with E-state index in [1.54, 1.807) is 12.1 Å². The van der Waals surface area contributed by atoms with Gasteiger partial charge in [0.25, 0.3) is 6.01 Å². The molecule has 5 nitrogen and oxygen atoms in total. The lowest BCUT2D eigenvalue weighted by Crippen LogP contribution is -2.43. The molecule has 3 rings (SSSR count). The monoisotopic (exact) mass is 233 g/mol. The fraction of sp³-hybridized carbons (Fsp3) is 0.417. The minimum atomic E-state index is -0.584. The number of nitrogens with one attached hydrogen (secondary N) is 1. The molecule has 4 N–H and O–H groups in total. The van der Waals surface area contributed by atoms with Gasteiger partial charge in [-0.1, -0.05) is 0 Å². The fourth-order valence-corrected chi connectivity index (χ4v) is 2.02. The molecule has 1 heterocycles. The molecule has 0 unspecified atom stereocenters. The van der Waals surface area contributed by atoms with Crippen LogP contribution in [0.3, 0.4) is 0 Å². The van der Waals surface area contributed by atoms with Crippen molar-refractivity contribution in [3.05, 3.63) is 18.2 Å². The summed E-state index contributed by atoms with van der Waals surface area (Å²) in [5.74, 6) is 0. The molecule has 1 aromatic heterocycles. The largest absolute Gasteiger partial charge is 0.423 e. The Hall–Kier alpha value is -1.75. The van der Waals surface area contributed by atoms with Gasteiger partial charge in [-0.25, -0.2) is 0 Å². The molecule has 0 aliphatic heterocycles. The first-order valence-corrected chi connectivity index (χ1v) is 5.77. The Kier molecular flexibility index (Phi) is 2.22. The van der Waals surface area contributed by atoms with Gasteiger partial charge in [0, 0.05) is 18.3 Å². The van der Waals surface area contributed by atoms with Crippen LogP contribution < -0.4 is 11.1 Å². The Labute approximate surface area is 98.6 Å². The van der Waals surface area contributed by atoms with E-state index in [9.17, 15) is 5.11 Å². The van der Waals surface area contributed by atoms with Crippen molar-refractivity contribution in [1.82, 2.24) is 4.98 Å². The second-order valence-corrected chi connectivity index (χ2v) is 4.68. The van der Waals surface area contributed by atoms with Crippen LogP contribution in [0.5, 0.6) is 0 Å². The first kappa shape index (κ1) is 10.4. The topological polar surface area (TPSA) is 84.3 Å². The molecule has 1 aliphatic rings. The predicted octanol–water partition coefficient (Wildman–Crippen LogP) is 1.74. The Morgan fingerprint density at radius 1 is 1.47 bits per heavy atom. The molecule has 0 bridgehead atoms. The van der Waals surface area contributed by atoms with Crippen molar-refractivity contribution in [3.8, 4) is 0 Å². The number of rotatable bonds is 3. The maximum Gasteiger partial charge on any atom is 0.295 e. The van der Waals surface area contributed by atoms with E-state index in [-0.39, 0.29) is 0 Å². The summed E-state index contributed by atoms with van der Waals surface area (Å²) in [6.45, 7) is 0.481. The number of anilines is 2. The lowest BCUT2D eigenvalue weighted by atomic mass is 9.80. The van der Waals surface area contributed by atoms with Crippen LogP contribution in [0.25, 0.3) is 11.1 Å². The predicted molar refractivity (Wildman–Crippen MR) is 65.7 cm³/mol. The highest BCUT2D eigenvalue weighted by atomic mass is 16.4. The SMILES string of the molecule is Nc1ccc2nc(NCC3(O)CCC3)oc2c1. The lowest BCUT2D eigenvalue weighted by molar-refractivity contribution is -0.0205. The van der Waals surface area contributed by atoms with Crippen molar-refractivity contribution in [2.24, 2.45) is 0 Å². The highest BCUT2D eigenvalue weighted by Gasteiger charge is 2.34. The van der Waals surface area contributed by atoms with E-state index in [0.29, 0.717) is 23.8 Å². The number of nitrogens with two attached hydrogens (primary N) is 1. The van der Waals surface area contributed by atoms with Gasteiger partial charge in [-0.2, -0.15) is 4.98 Å². The van der Waals surface area contributed by atoms with E-state index >= 15 is 0 Å². The van der Waals surface area contributed by atoms with Crippen LogP contribution in [0.1, 0.15) is 19.3 Å². The molecule has 1 aromatic carbocycles. The summed E-state index contributed by atoms with van der Waals surface area (Å²) in [5, 5.41) is 13.0. The molecular weight excluding hydrogens is 218 g/mol. The summed E-state index contributed by atoms with van der Waals surface area (Å²) in [6, 6.07) is 5.78. The summed E-state index contributed by atoms with van der Waals surface area (Å²) in [7, 11) is 0. The molecule has 1 aliphatic carbocycles. The van der Waals surface area contributed by atoms with Crippen molar-refractivity contribution >= 4 is 22.8 Å². The van der Waals surface area contributed by atoms with E-state index < -0.39 is 5.60 Å². The molecule has 17 heavy (non-hydrogen) atoms. The third-order valence-electron chi connectivity index (χ3n) is 3.27. The summed E-state index contributed by atoms with van der Waals surface area (Å²) in [4.78, 5) is 4.27. The number of aliphatic hydroxyl groups is 1. The average Bonchev–Trinajstić information content (AvgIpc) is 2.65. The molecule has 2 aromatic rings. The standard InChI is InChI=1S/C12H15N3O2/c13-8-2-3-9-10(6-8)17-11(15-9)14-7-12(16)4-1-5-12/h2-3,6,16H,1,4-5,7,13H2,(H,14,15). The van der Waals surface area contributed by atoms with Gasteiger partial charge in [-0.15, -0.1) is 0 Å². The summed E-state index contributed by atoms with van der Waals surface area (Å²) < 4.78 is 5.50. The minimum absolute atomic E-state index is 0.436. The number of oxazole rings is 1. The second-order valence-electron chi connectivity index (χ2n) is 4.68. The number of aromatic nitrogens is 1. The first-order chi connectivity index (χ1) is 8.15. The molecule has 90 valence electrons. The third kappa shape index (κ3) is 1.93. The minimum Gasteiger partial charge on any atom is -0.423 e. The van der Waals surface area contributed by atoms with Crippen molar-refractivity contribution < 1.29 is 9.52 Å². The highest BCUT2D eigenvalue weighted by Crippen LogP contribution is 2.31. The lowest BCUT2D eigenvalue weighted by Gasteiger charge is -2.36. The van der Waals surface area contributed by atoms with Gasteiger partial charge in [0.15, 0.2) is 5.58 Å². The Morgan fingerprint density at radius 2 is 2.29 bits per heavy atom. The number of nitrogens with zero attached hydrogens (tertiary/aromatic N) is 1. The highest BCUT2D eigenvalue weighted by molar-refractivity contribution is 5.78. The number of benzene rings is 1. The van der Waals surface area contributed by atoms with Crippen LogP contribution in [0, 0.1) is 0 Å². The van der Waals surface area contributed by atoms with Gasteiger partial charge >= 0.3 is 0 Å². The van der Waals surface area contributed by atoms with E-state index in [1.807, 2.05) is 6.07 Å². The molecule has 0 amide bonds. The second kappa shape index (κ2) is 3.63. The van der Waals surface area contributed by atoms with Gasteiger partial charge in [-0.05, 0) is 31.4 Å². The Bertz CT molecular complexity index is 546. The molecule has 0 radical (unpaired) electrons. The average molecular weight is 233 g/mol. The summed E-state index contributed by atoms with van der Waals surface area (Å²) >= 11 is 0. The Balaban J connectivity index is 1.76. The van der Waals surface area contributed by atoms with Crippen molar-refractivity contribution in [1.29, 1.82) is 0 Å². The zero-order valence-electron chi connectivity index (χ0n) is 9.44. The van der Waals surface area contributed by atoms with Crippen LogP contribution in [0.4, 0.5) is 11.7 Å². The molecule has 0 saturated heterocycles. The van der Waals surface area contributed by atoms with Crippen molar-refractivity contribution in [3.63, 3.8) is 0 Å². The first-order valence-electron chi connectivity index (χ1n) is 5.77. The molecule has 5 heteroatoms. The molecule has 1 fully saturated rings. The van der Waals surface area contributed by atoms with E-state index in [4.69, 9.17) is 10.2 Å². The van der Waals surface area contributed by atoms with E-state index in [1.165, 1.54) is 0 Å². The van der Waals surface area contributed by atoms with E-state index in [2.05, 4.69) is 10.3 Å². The number of nitrogen functional groups attached to an aromatic ring is 1. The van der Waals surface area contributed by atoms with E-state index in [0.717, 1.165) is 24.8 Å². The molecule has 0 atom stereocenters. The maximum atomic E-state index is 9.94. The summed E-state index contributed by atoms with van der Waals surface area (Å²) in [6.07, 6.45) is 2.77. The zero-order valence-corrected chi connectivity index (χ0v) is 9.44. The van der Waals surface area contributed by atoms with Crippen LogP contribution in [-0.2, 0) is 0 Å². The van der Waals surface area contributed by atoms with Crippen LogP contribution in [-0.4, -0.2) is 22.2 Å². The van der Waals surface area contributed by atoms with Crippen molar-refractivity contribution in [2.75, 3.05) is 17.6 Å². The zero-order chi connectivity index (χ0) is 11.9. The number of hydrogen-bond donors (Lipinski definition) is 3. The molecule has 1 saturated carbocycles. The van der Waals surface area contributed by atoms with Gasteiger partial charge in [-0.3, -0.25) is 0 Å². The van der Waals surface area contributed by atoms with Gasteiger partial charge in [0.05, 0.1) is 5.60 Å². The number of hydrogen-bond acceptors (Lipinski definition) is 5.